The molecule has 10 aromatic rings. The second kappa shape index (κ2) is 12.7. The molecular weight excluding hydrogens is 665 g/mol. The van der Waals surface area contributed by atoms with E-state index in [2.05, 4.69) is 204 Å². The van der Waals surface area contributed by atoms with E-state index >= 15 is 0 Å². The van der Waals surface area contributed by atoms with Gasteiger partial charge in [-0.05, 0) is 126 Å². The Morgan fingerprint density at radius 2 is 0.873 bits per heavy atom. The number of pyridine rings is 1. The lowest BCUT2D eigenvalue weighted by atomic mass is 9.82. The van der Waals surface area contributed by atoms with Gasteiger partial charge in [0, 0.05) is 28.6 Å². The lowest BCUT2D eigenvalue weighted by Crippen LogP contribution is -2.10. The molecule has 2 heteroatoms. The Labute approximate surface area is 320 Å². The summed E-state index contributed by atoms with van der Waals surface area (Å²) in [4.78, 5) is 6.93. The van der Waals surface area contributed by atoms with Crippen LogP contribution in [0.3, 0.4) is 0 Å². The molecule has 1 aliphatic carbocycles. The number of nitrogens with zero attached hydrogens (tertiary/aromatic N) is 2. The van der Waals surface area contributed by atoms with Crippen molar-refractivity contribution in [3.63, 3.8) is 0 Å². The Kier molecular flexibility index (Phi) is 7.21. The van der Waals surface area contributed by atoms with Gasteiger partial charge in [0.1, 0.15) is 0 Å². The van der Waals surface area contributed by atoms with E-state index in [0.29, 0.717) is 0 Å². The Morgan fingerprint density at radius 1 is 0.327 bits per heavy atom. The molecule has 0 atom stereocenters. The van der Waals surface area contributed by atoms with Crippen molar-refractivity contribution in [2.24, 2.45) is 0 Å². The van der Waals surface area contributed by atoms with Gasteiger partial charge in [0.25, 0.3) is 0 Å². The highest BCUT2D eigenvalue weighted by Gasteiger charge is 2.31. The Morgan fingerprint density at radius 3 is 1.58 bits per heavy atom. The summed E-state index contributed by atoms with van der Waals surface area (Å²) in [6.07, 6.45) is 1.85. The van der Waals surface area contributed by atoms with E-state index in [1.54, 1.807) is 0 Å². The third-order valence-electron chi connectivity index (χ3n) is 11.2. The maximum atomic E-state index is 4.59. The van der Waals surface area contributed by atoms with Gasteiger partial charge < -0.3 is 4.90 Å². The molecule has 0 spiro atoms. The average molecular weight is 699 g/mol. The van der Waals surface area contributed by atoms with Crippen LogP contribution < -0.4 is 4.90 Å². The molecule has 0 saturated carbocycles. The summed E-state index contributed by atoms with van der Waals surface area (Å²) in [5.41, 5.74) is 16.9. The summed E-state index contributed by atoms with van der Waals surface area (Å²) in [7, 11) is 0. The van der Waals surface area contributed by atoms with Crippen LogP contribution in [-0.2, 0) is 0 Å². The maximum Gasteiger partial charge on any atom is 0.0703 e. The molecule has 0 N–H and O–H groups in total. The van der Waals surface area contributed by atoms with E-state index in [1.165, 1.54) is 77.2 Å². The second-order valence-corrected chi connectivity index (χ2v) is 14.3. The molecule has 9 aromatic carbocycles. The summed E-state index contributed by atoms with van der Waals surface area (Å²) in [5, 5.41) is 6.23. The van der Waals surface area contributed by atoms with E-state index in [-0.39, 0.29) is 0 Å². The highest BCUT2D eigenvalue weighted by molar-refractivity contribution is 6.28. The first-order chi connectivity index (χ1) is 27.3. The van der Waals surface area contributed by atoms with Crippen LogP contribution in [0.15, 0.2) is 206 Å². The van der Waals surface area contributed by atoms with Crippen molar-refractivity contribution >= 4 is 49.5 Å². The molecule has 0 radical (unpaired) electrons. The van der Waals surface area contributed by atoms with E-state index in [4.69, 9.17) is 0 Å². The van der Waals surface area contributed by atoms with Crippen molar-refractivity contribution < 1.29 is 0 Å². The lowest BCUT2D eigenvalue weighted by Gasteiger charge is -2.26. The van der Waals surface area contributed by atoms with Crippen molar-refractivity contribution in [1.82, 2.24) is 4.98 Å². The van der Waals surface area contributed by atoms with Crippen LogP contribution in [0, 0.1) is 0 Å². The number of anilines is 3. The van der Waals surface area contributed by atoms with E-state index in [9.17, 15) is 0 Å². The monoisotopic (exact) mass is 698 g/mol. The summed E-state index contributed by atoms with van der Waals surface area (Å²) in [6, 6.07) is 72.7. The molecule has 55 heavy (non-hydrogen) atoms. The first-order valence-electron chi connectivity index (χ1n) is 18.9. The molecule has 1 aliphatic rings. The van der Waals surface area contributed by atoms with Crippen molar-refractivity contribution in [2.45, 2.75) is 0 Å². The number of para-hydroxylation sites is 1. The van der Waals surface area contributed by atoms with Crippen LogP contribution in [0.4, 0.5) is 17.1 Å². The standard InChI is InChI=1S/C53H34N2/c1-4-15-35(16-5-1)49-44-24-10-11-25-45(44)50(36-17-6-2-7-18-36)53-47-30-29-42(43-26-13-27-46(51(43)47)52(49)53)37-19-12-23-40(33-37)55(39-21-8-3-9-22-39)41-28-31-48-38(34-41)20-14-32-54-48/h1-34H. The molecule has 1 aromatic heterocycles. The minimum atomic E-state index is 0.987. The highest BCUT2D eigenvalue weighted by atomic mass is 15.1. The molecular formula is C53H34N2. The Hall–Kier alpha value is -7.29. The summed E-state index contributed by atoms with van der Waals surface area (Å²) in [5.74, 6) is 0. The van der Waals surface area contributed by atoms with Crippen molar-refractivity contribution in [3.05, 3.63) is 206 Å². The quantitative estimate of drug-likeness (QED) is 0.172. The number of hydrogen-bond donors (Lipinski definition) is 0. The number of aromatic nitrogens is 1. The minimum Gasteiger partial charge on any atom is -0.310 e. The van der Waals surface area contributed by atoms with Gasteiger partial charge in [-0.3, -0.25) is 4.98 Å². The van der Waals surface area contributed by atoms with Gasteiger partial charge in [-0.1, -0.05) is 152 Å². The second-order valence-electron chi connectivity index (χ2n) is 14.3. The first kappa shape index (κ1) is 31.3. The number of benzene rings is 9. The lowest BCUT2D eigenvalue weighted by molar-refractivity contribution is 1.28. The molecule has 0 aliphatic heterocycles. The van der Waals surface area contributed by atoms with Gasteiger partial charge in [0.15, 0.2) is 0 Å². The molecule has 256 valence electrons. The van der Waals surface area contributed by atoms with Crippen molar-refractivity contribution in [3.8, 4) is 55.6 Å². The summed E-state index contributed by atoms with van der Waals surface area (Å²) in [6.45, 7) is 0. The smallest absolute Gasteiger partial charge is 0.0703 e. The third kappa shape index (κ3) is 5.00. The van der Waals surface area contributed by atoms with Gasteiger partial charge in [-0.25, -0.2) is 0 Å². The molecule has 11 rings (SSSR count). The minimum absolute atomic E-state index is 0.987. The summed E-state index contributed by atoms with van der Waals surface area (Å²) >= 11 is 0. The first-order valence-corrected chi connectivity index (χ1v) is 18.9. The SMILES string of the molecule is c1ccc(-c2c3c(c(-c4ccccc4)c4ccccc24)-c2ccc(-c4cccc(N(c5ccccc5)c5ccc6ncccc6c5)c4)c4cccc-3c24)cc1. The Balaban J connectivity index is 1.15. The zero-order valence-corrected chi connectivity index (χ0v) is 30.0. The average Bonchev–Trinajstić information content (AvgIpc) is 3.58. The number of rotatable bonds is 6. The molecule has 2 nitrogen and oxygen atoms in total. The van der Waals surface area contributed by atoms with E-state index < -0.39 is 0 Å². The van der Waals surface area contributed by atoms with Crippen LogP contribution in [0.5, 0.6) is 0 Å². The Bertz CT molecular complexity index is 2990. The van der Waals surface area contributed by atoms with Crippen LogP contribution in [-0.4, -0.2) is 4.98 Å². The fourth-order valence-corrected chi connectivity index (χ4v) is 8.90. The zero-order chi connectivity index (χ0) is 36.3. The van der Waals surface area contributed by atoms with Crippen molar-refractivity contribution in [1.29, 1.82) is 0 Å². The topological polar surface area (TPSA) is 16.1 Å². The van der Waals surface area contributed by atoms with Crippen LogP contribution in [0.25, 0.3) is 88.1 Å². The summed E-state index contributed by atoms with van der Waals surface area (Å²) < 4.78 is 0. The molecule has 0 bridgehead atoms. The third-order valence-corrected chi connectivity index (χ3v) is 11.2. The van der Waals surface area contributed by atoms with E-state index in [1.807, 2.05) is 12.3 Å². The number of hydrogen-bond acceptors (Lipinski definition) is 2. The van der Waals surface area contributed by atoms with Gasteiger partial charge in [0.2, 0.25) is 0 Å². The highest BCUT2D eigenvalue weighted by Crippen LogP contribution is 2.58. The molecule has 1 heterocycles. The van der Waals surface area contributed by atoms with Gasteiger partial charge in [-0.15, -0.1) is 0 Å². The predicted molar refractivity (Wildman–Crippen MR) is 232 cm³/mol. The fraction of sp³-hybridized carbons (Fsp3) is 0. The normalized spacial score (nSPS) is 11.6. The predicted octanol–water partition coefficient (Wildman–Crippen LogP) is 14.7. The van der Waals surface area contributed by atoms with Gasteiger partial charge in [0.05, 0.1) is 5.52 Å². The van der Waals surface area contributed by atoms with Crippen LogP contribution in [0.1, 0.15) is 0 Å². The largest absolute Gasteiger partial charge is 0.310 e. The molecule has 0 saturated heterocycles. The molecule has 0 amide bonds. The van der Waals surface area contributed by atoms with Crippen molar-refractivity contribution in [2.75, 3.05) is 4.90 Å². The van der Waals surface area contributed by atoms with Gasteiger partial charge >= 0.3 is 0 Å². The van der Waals surface area contributed by atoms with E-state index in [0.717, 1.165) is 28.0 Å². The molecule has 0 fully saturated rings. The van der Waals surface area contributed by atoms with Crippen LogP contribution >= 0.6 is 0 Å². The maximum absolute atomic E-state index is 4.59. The zero-order valence-electron chi connectivity index (χ0n) is 30.0. The number of fused-ring (bicyclic) bond motifs is 5. The van der Waals surface area contributed by atoms with Gasteiger partial charge in [-0.2, -0.15) is 0 Å². The van der Waals surface area contributed by atoms with Crippen LogP contribution in [0.2, 0.25) is 0 Å². The fourth-order valence-electron chi connectivity index (χ4n) is 8.90. The molecule has 0 unspecified atom stereocenters.